The summed E-state index contributed by atoms with van der Waals surface area (Å²) in [6.45, 7) is 8.17. The number of aromatic nitrogens is 3. The van der Waals surface area contributed by atoms with Crippen LogP contribution in [0.4, 0.5) is 11.9 Å². The Morgan fingerprint density at radius 3 is 2.90 bits per heavy atom. The molecule has 1 aliphatic heterocycles. The van der Waals surface area contributed by atoms with Crippen LogP contribution in [-0.4, -0.2) is 65.1 Å². The zero-order valence-corrected chi connectivity index (χ0v) is 12.7. The number of rotatable bonds is 6. The Hall–Kier alpha value is -1.67. The van der Waals surface area contributed by atoms with Crippen molar-refractivity contribution in [1.82, 2.24) is 15.0 Å². The van der Waals surface area contributed by atoms with Gasteiger partial charge in [-0.3, -0.25) is 0 Å². The fourth-order valence-corrected chi connectivity index (χ4v) is 2.04. The minimum absolute atomic E-state index is 0.0113. The average Bonchev–Trinajstić information content (AvgIpc) is 2.46. The highest BCUT2D eigenvalue weighted by Crippen LogP contribution is 2.19. The molecule has 2 rings (SSSR count). The lowest BCUT2D eigenvalue weighted by molar-refractivity contribution is 0.0716. The number of morpholine rings is 1. The second-order valence-corrected chi connectivity index (χ2v) is 5.04. The van der Waals surface area contributed by atoms with Gasteiger partial charge in [-0.1, -0.05) is 0 Å². The van der Waals surface area contributed by atoms with Crippen molar-refractivity contribution >= 4 is 11.9 Å². The van der Waals surface area contributed by atoms with Crippen LogP contribution < -0.4 is 15.0 Å². The smallest absolute Gasteiger partial charge is 0.323 e. The van der Waals surface area contributed by atoms with Crippen LogP contribution in [0.5, 0.6) is 6.01 Å². The van der Waals surface area contributed by atoms with Crippen molar-refractivity contribution in [3.63, 3.8) is 0 Å². The third-order valence-electron chi connectivity index (χ3n) is 2.97. The van der Waals surface area contributed by atoms with Crippen molar-refractivity contribution < 1.29 is 14.6 Å². The van der Waals surface area contributed by atoms with Crippen molar-refractivity contribution in [2.75, 3.05) is 43.1 Å². The summed E-state index contributed by atoms with van der Waals surface area (Å²) >= 11 is 0. The summed E-state index contributed by atoms with van der Waals surface area (Å²) in [7, 11) is 0. The van der Waals surface area contributed by atoms with Crippen molar-refractivity contribution in [2.24, 2.45) is 0 Å². The van der Waals surface area contributed by atoms with Crippen LogP contribution in [0, 0.1) is 0 Å². The van der Waals surface area contributed by atoms with Gasteiger partial charge in [-0.25, -0.2) is 0 Å². The van der Waals surface area contributed by atoms with E-state index >= 15 is 0 Å². The number of ether oxygens (including phenoxy) is 2. The molecule has 0 radical (unpaired) electrons. The van der Waals surface area contributed by atoms with Crippen LogP contribution in [0.2, 0.25) is 0 Å². The molecule has 0 aromatic carbocycles. The number of aliphatic hydroxyl groups excluding tert-OH is 1. The molecule has 0 spiro atoms. The maximum absolute atomic E-state index is 9.47. The second kappa shape index (κ2) is 7.37. The number of anilines is 2. The monoisotopic (exact) mass is 297 g/mol. The van der Waals surface area contributed by atoms with Crippen LogP contribution >= 0.6 is 0 Å². The summed E-state index contributed by atoms with van der Waals surface area (Å²) in [6.07, 6.45) is -0.0203. The van der Waals surface area contributed by atoms with E-state index in [1.54, 1.807) is 0 Å². The van der Waals surface area contributed by atoms with Gasteiger partial charge in [0.15, 0.2) is 0 Å². The molecule has 1 fully saturated rings. The van der Waals surface area contributed by atoms with Gasteiger partial charge in [-0.05, 0) is 20.8 Å². The molecule has 0 bridgehead atoms. The Kier molecular flexibility index (Phi) is 5.51. The van der Waals surface area contributed by atoms with Gasteiger partial charge in [-0.15, -0.1) is 0 Å². The minimum Gasteiger partial charge on any atom is -0.461 e. The molecule has 0 amide bonds. The zero-order valence-electron chi connectivity index (χ0n) is 12.7. The van der Waals surface area contributed by atoms with Gasteiger partial charge in [0.25, 0.3) is 0 Å². The summed E-state index contributed by atoms with van der Waals surface area (Å²) in [6, 6.07) is 0.136. The quantitative estimate of drug-likeness (QED) is 0.774. The molecule has 8 nitrogen and oxygen atoms in total. The number of hydrogen-bond acceptors (Lipinski definition) is 8. The van der Waals surface area contributed by atoms with E-state index in [1.807, 2.05) is 25.7 Å². The summed E-state index contributed by atoms with van der Waals surface area (Å²) < 4.78 is 11.0. The van der Waals surface area contributed by atoms with Crippen molar-refractivity contribution in [3.05, 3.63) is 0 Å². The standard InChI is InChI=1S/C13H23N5O3/c1-4-14-11-15-12(17-13(16-11)21-9(2)3)18-5-6-20-8-10(18)7-19/h9-10,19H,4-8H2,1-3H3,(H,14,15,16,17). The first kappa shape index (κ1) is 15.7. The van der Waals surface area contributed by atoms with Gasteiger partial charge < -0.3 is 24.8 Å². The molecule has 1 saturated heterocycles. The van der Waals surface area contributed by atoms with Crippen molar-refractivity contribution in [2.45, 2.75) is 32.9 Å². The second-order valence-electron chi connectivity index (χ2n) is 5.04. The van der Waals surface area contributed by atoms with Crippen LogP contribution in [0.15, 0.2) is 0 Å². The van der Waals surface area contributed by atoms with E-state index in [-0.39, 0.29) is 24.8 Å². The van der Waals surface area contributed by atoms with E-state index in [1.165, 1.54) is 0 Å². The van der Waals surface area contributed by atoms with Crippen LogP contribution in [0.3, 0.4) is 0 Å². The van der Waals surface area contributed by atoms with Crippen LogP contribution in [-0.2, 0) is 4.74 Å². The number of hydrogen-bond donors (Lipinski definition) is 2. The minimum atomic E-state index is -0.150. The normalized spacial score (nSPS) is 18.9. The van der Waals surface area contributed by atoms with Crippen molar-refractivity contribution in [3.8, 4) is 6.01 Å². The van der Waals surface area contributed by atoms with Gasteiger partial charge in [0.05, 0.1) is 32.0 Å². The Balaban J connectivity index is 2.29. The third kappa shape index (κ3) is 4.15. The van der Waals surface area contributed by atoms with E-state index in [2.05, 4.69) is 20.3 Å². The lowest BCUT2D eigenvalue weighted by atomic mass is 10.2. The molecule has 118 valence electrons. The molecule has 1 unspecified atom stereocenters. The van der Waals surface area contributed by atoms with E-state index in [4.69, 9.17) is 9.47 Å². The zero-order chi connectivity index (χ0) is 15.2. The largest absolute Gasteiger partial charge is 0.461 e. The predicted octanol–water partition coefficient (Wildman–Crippen LogP) is 0.288. The third-order valence-corrected chi connectivity index (χ3v) is 2.97. The van der Waals surface area contributed by atoms with Gasteiger partial charge >= 0.3 is 6.01 Å². The lowest BCUT2D eigenvalue weighted by Crippen LogP contribution is -2.48. The molecule has 1 aliphatic rings. The van der Waals surface area contributed by atoms with Gasteiger partial charge in [-0.2, -0.15) is 15.0 Å². The molecule has 0 aliphatic carbocycles. The molecule has 0 saturated carbocycles. The average molecular weight is 297 g/mol. The molecule has 2 heterocycles. The van der Waals surface area contributed by atoms with Gasteiger partial charge in [0, 0.05) is 13.1 Å². The van der Waals surface area contributed by atoms with E-state index in [0.29, 0.717) is 38.2 Å². The molecular weight excluding hydrogens is 274 g/mol. The fraction of sp³-hybridized carbons (Fsp3) is 0.769. The molecule has 1 aromatic heterocycles. The van der Waals surface area contributed by atoms with Gasteiger partial charge in [0.2, 0.25) is 11.9 Å². The Morgan fingerprint density at radius 2 is 2.24 bits per heavy atom. The summed E-state index contributed by atoms with van der Waals surface area (Å²) in [5.74, 6) is 0.972. The lowest BCUT2D eigenvalue weighted by Gasteiger charge is -2.34. The Morgan fingerprint density at radius 1 is 1.43 bits per heavy atom. The molecule has 1 aromatic rings. The maximum Gasteiger partial charge on any atom is 0.323 e. The first-order chi connectivity index (χ1) is 10.1. The maximum atomic E-state index is 9.47. The highest BCUT2D eigenvalue weighted by molar-refractivity contribution is 5.40. The Labute approximate surface area is 124 Å². The first-order valence-corrected chi connectivity index (χ1v) is 7.25. The molecule has 1 atom stereocenters. The predicted molar refractivity (Wildman–Crippen MR) is 78.8 cm³/mol. The SMILES string of the molecule is CCNc1nc(OC(C)C)nc(N2CCOCC2CO)n1. The highest BCUT2D eigenvalue weighted by atomic mass is 16.5. The van der Waals surface area contributed by atoms with E-state index < -0.39 is 0 Å². The topological polar surface area (TPSA) is 92.6 Å². The van der Waals surface area contributed by atoms with E-state index in [9.17, 15) is 5.11 Å². The summed E-state index contributed by atoms with van der Waals surface area (Å²) in [5, 5.41) is 12.5. The Bertz CT molecular complexity index is 457. The number of nitrogens with one attached hydrogen (secondary N) is 1. The van der Waals surface area contributed by atoms with Crippen LogP contribution in [0.1, 0.15) is 20.8 Å². The molecular formula is C13H23N5O3. The number of aliphatic hydroxyl groups is 1. The number of nitrogens with zero attached hydrogens (tertiary/aromatic N) is 4. The molecule has 8 heteroatoms. The molecule has 2 N–H and O–H groups in total. The summed E-state index contributed by atoms with van der Waals surface area (Å²) in [5.41, 5.74) is 0. The summed E-state index contributed by atoms with van der Waals surface area (Å²) in [4.78, 5) is 14.9. The fourth-order valence-electron chi connectivity index (χ4n) is 2.04. The van der Waals surface area contributed by atoms with E-state index in [0.717, 1.165) is 0 Å². The molecule has 21 heavy (non-hydrogen) atoms. The first-order valence-electron chi connectivity index (χ1n) is 7.25. The van der Waals surface area contributed by atoms with Crippen molar-refractivity contribution in [1.29, 1.82) is 0 Å². The van der Waals surface area contributed by atoms with Crippen LogP contribution in [0.25, 0.3) is 0 Å². The highest BCUT2D eigenvalue weighted by Gasteiger charge is 2.26. The van der Waals surface area contributed by atoms with Gasteiger partial charge in [0.1, 0.15) is 0 Å².